The van der Waals surface area contributed by atoms with Gasteiger partial charge in [-0.1, -0.05) is 41.9 Å². The Bertz CT molecular complexity index is 875. The molecule has 3 amide bonds. The Kier molecular flexibility index (Phi) is 4.63. The van der Waals surface area contributed by atoms with Crippen molar-refractivity contribution in [1.29, 1.82) is 0 Å². The number of furan rings is 1. The predicted octanol–water partition coefficient (Wildman–Crippen LogP) is 4.56. The summed E-state index contributed by atoms with van der Waals surface area (Å²) in [5.41, 5.74) is 1.26. The number of anilines is 1. The van der Waals surface area contributed by atoms with Crippen molar-refractivity contribution in [2.75, 3.05) is 5.32 Å². The average molecular weight is 341 g/mol. The van der Waals surface area contributed by atoms with Crippen LogP contribution in [0.3, 0.4) is 0 Å². The summed E-state index contributed by atoms with van der Waals surface area (Å²) in [6, 6.07) is 18.4. The van der Waals surface area contributed by atoms with Crippen molar-refractivity contribution >= 4 is 29.2 Å². The van der Waals surface area contributed by atoms with Crippen LogP contribution >= 0.6 is 11.6 Å². The number of hydrogen-bond donors (Lipinski definition) is 2. The molecule has 0 radical (unpaired) electrons. The van der Waals surface area contributed by atoms with Crippen LogP contribution in [0.15, 0.2) is 71.1 Å². The molecule has 0 spiro atoms. The predicted molar refractivity (Wildman–Crippen MR) is 92.1 cm³/mol. The molecule has 0 fully saturated rings. The summed E-state index contributed by atoms with van der Waals surface area (Å²) in [6.07, 6.45) is 0. The largest absolute Gasteiger partial charge is 0.451 e. The second kappa shape index (κ2) is 7.02. The molecule has 120 valence electrons. The summed E-state index contributed by atoms with van der Waals surface area (Å²) < 4.78 is 5.49. The maximum absolute atomic E-state index is 12.1. The molecule has 0 aliphatic carbocycles. The second-order valence-corrected chi connectivity index (χ2v) is 5.33. The van der Waals surface area contributed by atoms with Crippen LogP contribution in [-0.4, -0.2) is 11.9 Å². The van der Waals surface area contributed by atoms with Gasteiger partial charge in [-0.05, 0) is 36.4 Å². The van der Waals surface area contributed by atoms with Gasteiger partial charge < -0.3 is 9.73 Å². The highest BCUT2D eigenvalue weighted by Crippen LogP contribution is 2.28. The lowest BCUT2D eigenvalue weighted by Gasteiger charge is -2.05. The molecule has 6 heteroatoms. The molecule has 0 bridgehead atoms. The van der Waals surface area contributed by atoms with E-state index in [9.17, 15) is 9.59 Å². The number of nitrogens with one attached hydrogen (secondary N) is 2. The van der Waals surface area contributed by atoms with Gasteiger partial charge in [0.2, 0.25) is 0 Å². The Morgan fingerprint density at radius 3 is 2.33 bits per heavy atom. The Balaban J connectivity index is 1.68. The van der Waals surface area contributed by atoms with E-state index in [0.29, 0.717) is 22.0 Å². The number of halogens is 1. The molecule has 2 N–H and O–H groups in total. The van der Waals surface area contributed by atoms with E-state index in [-0.39, 0.29) is 5.76 Å². The summed E-state index contributed by atoms with van der Waals surface area (Å²) in [7, 11) is 0. The number of urea groups is 1. The third kappa shape index (κ3) is 3.64. The van der Waals surface area contributed by atoms with Gasteiger partial charge in [0.25, 0.3) is 5.91 Å². The lowest BCUT2D eigenvalue weighted by molar-refractivity contribution is 0.0940. The lowest BCUT2D eigenvalue weighted by Crippen LogP contribution is -2.34. The normalized spacial score (nSPS) is 10.2. The molecule has 0 aliphatic heterocycles. The van der Waals surface area contributed by atoms with Gasteiger partial charge in [0, 0.05) is 11.3 Å². The molecule has 0 unspecified atom stereocenters. The molecule has 3 aromatic rings. The van der Waals surface area contributed by atoms with Crippen molar-refractivity contribution in [3.8, 4) is 11.3 Å². The molecule has 1 heterocycles. The van der Waals surface area contributed by atoms with Crippen LogP contribution in [0.4, 0.5) is 10.5 Å². The van der Waals surface area contributed by atoms with Gasteiger partial charge in [-0.25, -0.2) is 4.79 Å². The highest BCUT2D eigenvalue weighted by atomic mass is 35.5. The second-order valence-electron chi connectivity index (χ2n) is 4.92. The highest BCUT2D eigenvalue weighted by molar-refractivity contribution is 6.33. The molecule has 1 aromatic heterocycles. The van der Waals surface area contributed by atoms with E-state index >= 15 is 0 Å². The fraction of sp³-hybridized carbons (Fsp3) is 0. The van der Waals surface area contributed by atoms with Crippen LogP contribution < -0.4 is 10.6 Å². The fourth-order valence-electron chi connectivity index (χ4n) is 2.11. The van der Waals surface area contributed by atoms with E-state index in [4.69, 9.17) is 16.0 Å². The minimum Gasteiger partial charge on any atom is -0.451 e. The quantitative estimate of drug-likeness (QED) is 0.734. The monoisotopic (exact) mass is 340 g/mol. The van der Waals surface area contributed by atoms with Crippen LogP contribution in [0.25, 0.3) is 11.3 Å². The third-order valence-electron chi connectivity index (χ3n) is 3.23. The summed E-state index contributed by atoms with van der Waals surface area (Å²) in [6.45, 7) is 0. The van der Waals surface area contributed by atoms with E-state index in [1.807, 2.05) is 12.1 Å². The topological polar surface area (TPSA) is 71.3 Å². The van der Waals surface area contributed by atoms with Crippen molar-refractivity contribution in [1.82, 2.24) is 5.32 Å². The van der Waals surface area contributed by atoms with Gasteiger partial charge in [-0.2, -0.15) is 0 Å². The number of imide groups is 1. The number of carbonyl (C=O) groups is 2. The Morgan fingerprint density at radius 2 is 1.58 bits per heavy atom. The van der Waals surface area contributed by atoms with Crippen LogP contribution in [0, 0.1) is 0 Å². The molecule has 3 rings (SSSR count). The maximum Gasteiger partial charge on any atom is 0.326 e. The van der Waals surface area contributed by atoms with Crippen LogP contribution in [0.5, 0.6) is 0 Å². The summed E-state index contributed by atoms with van der Waals surface area (Å²) in [5.74, 6) is -0.163. The first-order valence-corrected chi connectivity index (χ1v) is 7.53. The number of rotatable bonds is 3. The fourth-order valence-corrected chi connectivity index (χ4v) is 2.34. The van der Waals surface area contributed by atoms with E-state index in [1.165, 1.54) is 6.07 Å². The Hall–Kier alpha value is -3.05. The average Bonchev–Trinajstić information content (AvgIpc) is 3.06. The molecule has 0 atom stereocenters. The zero-order valence-corrected chi connectivity index (χ0v) is 13.2. The van der Waals surface area contributed by atoms with Crippen LogP contribution in [0.2, 0.25) is 5.02 Å². The van der Waals surface area contributed by atoms with E-state index < -0.39 is 11.9 Å². The van der Waals surface area contributed by atoms with Gasteiger partial charge in [0.05, 0.1) is 5.02 Å². The molecule has 2 aromatic carbocycles. The van der Waals surface area contributed by atoms with Crippen molar-refractivity contribution in [2.45, 2.75) is 0 Å². The number of para-hydroxylation sites is 1. The molecule has 5 nitrogen and oxygen atoms in total. The standard InChI is InChI=1S/C18H13ClN2O3/c19-14-9-5-4-8-13(14)15-10-11-16(24-15)17(22)21-18(23)20-12-6-2-1-3-7-12/h1-11H,(H2,20,21,22,23). The molecule has 0 aliphatic rings. The van der Waals surface area contributed by atoms with Gasteiger partial charge in [-0.15, -0.1) is 0 Å². The number of carbonyl (C=O) groups excluding carboxylic acids is 2. The SMILES string of the molecule is O=C(NC(=O)c1ccc(-c2ccccc2Cl)o1)Nc1ccccc1. The van der Waals surface area contributed by atoms with Crippen LogP contribution in [0.1, 0.15) is 10.6 Å². The number of hydrogen-bond acceptors (Lipinski definition) is 3. The van der Waals surface area contributed by atoms with Crippen molar-refractivity contribution in [3.05, 3.63) is 77.5 Å². The van der Waals surface area contributed by atoms with Gasteiger partial charge in [0.1, 0.15) is 5.76 Å². The Labute approximate surface area is 143 Å². The van der Waals surface area contributed by atoms with E-state index in [1.54, 1.807) is 48.5 Å². The summed E-state index contributed by atoms with van der Waals surface area (Å²) in [4.78, 5) is 23.9. The molecule has 0 saturated heterocycles. The highest BCUT2D eigenvalue weighted by Gasteiger charge is 2.16. The van der Waals surface area contributed by atoms with Crippen molar-refractivity contribution in [2.24, 2.45) is 0 Å². The number of amides is 3. The van der Waals surface area contributed by atoms with E-state index in [0.717, 1.165) is 0 Å². The lowest BCUT2D eigenvalue weighted by atomic mass is 10.2. The molecule has 24 heavy (non-hydrogen) atoms. The van der Waals surface area contributed by atoms with Crippen molar-refractivity contribution < 1.29 is 14.0 Å². The van der Waals surface area contributed by atoms with Gasteiger partial charge >= 0.3 is 6.03 Å². The number of benzene rings is 2. The zero-order valence-electron chi connectivity index (χ0n) is 12.5. The van der Waals surface area contributed by atoms with E-state index in [2.05, 4.69) is 10.6 Å². The first-order valence-electron chi connectivity index (χ1n) is 7.15. The molecule has 0 saturated carbocycles. The zero-order chi connectivity index (χ0) is 16.9. The first kappa shape index (κ1) is 15.8. The first-order chi connectivity index (χ1) is 11.6. The van der Waals surface area contributed by atoms with Crippen LogP contribution in [-0.2, 0) is 0 Å². The smallest absolute Gasteiger partial charge is 0.326 e. The van der Waals surface area contributed by atoms with Crippen molar-refractivity contribution in [3.63, 3.8) is 0 Å². The minimum atomic E-state index is -0.637. The van der Waals surface area contributed by atoms with Gasteiger partial charge in [-0.3, -0.25) is 10.1 Å². The minimum absolute atomic E-state index is 0.0214. The molecular weight excluding hydrogens is 328 g/mol. The summed E-state index contributed by atoms with van der Waals surface area (Å²) in [5, 5.41) is 5.28. The van der Waals surface area contributed by atoms with Gasteiger partial charge in [0.15, 0.2) is 5.76 Å². The summed E-state index contributed by atoms with van der Waals surface area (Å²) >= 11 is 6.10. The third-order valence-corrected chi connectivity index (χ3v) is 3.56. The maximum atomic E-state index is 12.1. The molecular formula is C18H13ClN2O3. The Morgan fingerprint density at radius 1 is 0.875 bits per heavy atom.